The van der Waals surface area contributed by atoms with Crippen LogP contribution in [0.3, 0.4) is 0 Å². The first kappa shape index (κ1) is 17.2. The average Bonchev–Trinajstić information content (AvgIpc) is 2.51. The summed E-state index contributed by atoms with van der Waals surface area (Å²) in [7, 11) is 1.63. The van der Waals surface area contributed by atoms with Gasteiger partial charge in [0, 0.05) is 36.8 Å². The molecule has 2 N–H and O–H groups in total. The van der Waals surface area contributed by atoms with E-state index in [1.807, 2.05) is 0 Å². The topological polar surface area (TPSA) is 74.3 Å². The predicted octanol–water partition coefficient (Wildman–Crippen LogP) is 1.44. The number of likely N-dealkylation sites (tertiary alicyclic amines) is 1. The monoisotopic (exact) mass is 388 g/mol. The van der Waals surface area contributed by atoms with Gasteiger partial charge in [-0.15, -0.1) is 0 Å². The Morgan fingerprint density at radius 1 is 1.45 bits per heavy atom. The second-order valence-corrected chi connectivity index (χ2v) is 6.46. The number of nitrogens with one attached hydrogen (secondary N) is 2. The van der Waals surface area contributed by atoms with Gasteiger partial charge in [-0.3, -0.25) is 14.5 Å². The first-order valence-electron chi connectivity index (χ1n) is 7.04. The number of hydrogen-bond donors (Lipinski definition) is 2. The Labute approximate surface area is 142 Å². The zero-order chi connectivity index (χ0) is 16.1. The molecule has 0 unspecified atom stereocenters. The predicted molar refractivity (Wildman–Crippen MR) is 87.9 cm³/mol. The van der Waals surface area contributed by atoms with Crippen LogP contribution >= 0.6 is 27.5 Å². The molecule has 8 heteroatoms. The summed E-state index contributed by atoms with van der Waals surface area (Å²) in [6, 6.07) is 1.74. The Bertz CT molecular complexity index is 562. The summed E-state index contributed by atoms with van der Waals surface area (Å²) < 4.78 is 0.711. The van der Waals surface area contributed by atoms with Gasteiger partial charge in [-0.25, -0.2) is 4.98 Å². The van der Waals surface area contributed by atoms with Crippen LogP contribution in [-0.4, -0.2) is 54.4 Å². The summed E-state index contributed by atoms with van der Waals surface area (Å²) in [5, 5.41) is 5.78. The Kier molecular flexibility index (Phi) is 6.16. The third kappa shape index (κ3) is 4.66. The molecule has 22 heavy (non-hydrogen) atoms. The molecular formula is C14H18BrClN4O2. The first-order valence-corrected chi connectivity index (χ1v) is 8.21. The number of piperidine rings is 1. The maximum atomic E-state index is 12.3. The van der Waals surface area contributed by atoms with Gasteiger partial charge in [0.05, 0.1) is 12.1 Å². The number of rotatable bonds is 4. The van der Waals surface area contributed by atoms with E-state index in [9.17, 15) is 9.59 Å². The lowest BCUT2D eigenvalue weighted by atomic mass is 10.0. The Balaban J connectivity index is 1.86. The fraction of sp³-hybridized carbons (Fsp3) is 0.500. The molecule has 1 aromatic heterocycles. The van der Waals surface area contributed by atoms with Crippen LogP contribution in [0.25, 0.3) is 0 Å². The van der Waals surface area contributed by atoms with E-state index in [0.717, 1.165) is 25.9 Å². The fourth-order valence-corrected chi connectivity index (χ4v) is 2.88. The molecule has 0 aromatic carbocycles. The van der Waals surface area contributed by atoms with Crippen LogP contribution in [0.1, 0.15) is 23.2 Å². The number of nitrogens with zero attached hydrogens (tertiary/aromatic N) is 2. The lowest BCUT2D eigenvalue weighted by Gasteiger charge is -2.31. The zero-order valence-corrected chi connectivity index (χ0v) is 14.6. The van der Waals surface area contributed by atoms with Gasteiger partial charge in [0.1, 0.15) is 5.15 Å². The highest BCUT2D eigenvalue weighted by Gasteiger charge is 2.23. The number of halogens is 2. The fourth-order valence-electron chi connectivity index (χ4n) is 2.36. The van der Waals surface area contributed by atoms with Crippen molar-refractivity contribution < 1.29 is 9.59 Å². The minimum Gasteiger partial charge on any atom is -0.358 e. The molecule has 0 saturated carbocycles. The van der Waals surface area contributed by atoms with Gasteiger partial charge >= 0.3 is 0 Å². The Morgan fingerprint density at radius 2 is 2.14 bits per heavy atom. The number of carbonyl (C=O) groups excluding carboxylic acids is 2. The van der Waals surface area contributed by atoms with Crippen LogP contribution in [-0.2, 0) is 4.79 Å². The van der Waals surface area contributed by atoms with Gasteiger partial charge in [0.15, 0.2) is 0 Å². The van der Waals surface area contributed by atoms with Crippen molar-refractivity contribution in [2.24, 2.45) is 0 Å². The molecule has 0 radical (unpaired) electrons. The molecule has 0 bridgehead atoms. The van der Waals surface area contributed by atoms with Gasteiger partial charge in [0.25, 0.3) is 5.91 Å². The van der Waals surface area contributed by atoms with Crippen molar-refractivity contribution in [1.29, 1.82) is 0 Å². The van der Waals surface area contributed by atoms with E-state index < -0.39 is 0 Å². The van der Waals surface area contributed by atoms with Crippen LogP contribution < -0.4 is 10.6 Å². The molecule has 2 rings (SSSR count). The number of amides is 2. The van der Waals surface area contributed by atoms with E-state index in [1.165, 1.54) is 0 Å². The van der Waals surface area contributed by atoms with Crippen LogP contribution in [0.2, 0.25) is 5.15 Å². The maximum absolute atomic E-state index is 12.3. The summed E-state index contributed by atoms with van der Waals surface area (Å²) in [6.07, 6.45) is 3.17. The number of aromatic nitrogens is 1. The molecular weight excluding hydrogens is 372 g/mol. The summed E-state index contributed by atoms with van der Waals surface area (Å²) in [5.74, 6) is -0.210. The highest BCUT2D eigenvalue weighted by atomic mass is 79.9. The number of carbonyl (C=O) groups is 2. The normalized spacial score (nSPS) is 16.3. The van der Waals surface area contributed by atoms with E-state index in [1.54, 1.807) is 19.3 Å². The SMILES string of the molecule is CNC(=O)CN1CCC(NC(=O)c2cc(Br)cnc2Cl)CC1. The van der Waals surface area contributed by atoms with Gasteiger partial charge in [0.2, 0.25) is 5.91 Å². The maximum Gasteiger partial charge on any atom is 0.254 e. The molecule has 1 aromatic rings. The third-order valence-electron chi connectivity index (χ3n) is 3.62. The number of pyridine rings is 1. The Hall–Kier alpha value is -1.18. The van der Waals surface area contributed by atoms with E-state index in [-0.39, 0.29) is 23.0 Å². The van der Waals surface area contributed by atoms with Gasteiger partial charge in [-0.05, 0) is 34.8 Å². The largest absolute Gasteiger partial charge is 0.358 e. The minimum atomic E-state index is -0.219. The standard InChI is InChI=1S/C14H18BrClN4O2/c1-17-12(21)8-20-4-2-10(3-5-20)19-14(22)11-6-9(15)7-18-13(11)16/h6-7,10H,2-5,8H2,1H3,(H,17,21)(H,19,22). The molecule has 1 aliphatic rings. The average molecular weight is 390 g/mol. The molecule has 0 aliphatic carbocycles. The van der Waals surface area contributed by atoms with Gasteiger partial charge in [-0.1, -0.05) is 11.6 Å². The molecule has 2 amide bonds. The lowest BCUT2D eigenvalue weighted by molar-refractivity contribution is -0.122. The molecule has 2 heterocycles. The first-order chi connectivity index (χ1) is 10.5. The molecule has 1 fully saturated rings. The summed E-state index contributed by atoms with van der Waals surface area (Å²) >= 11 is 9.24. The van der Waals surface area contributed by atoms with Crippen molar-refractivity contribution in [3.05, 3.63) is 27.5 Å². The van der Waals surface area contributed by atoms with E-state index in [0.29, 0.717) is 16.6 Å². The summed E-state index contributed by atoms with van der Waals surface area (Å²) in [6.45, 7) is 1.96. The van der Waals surface area contributed by atoms with Crippen LogP contribution in [0.15, 0.2) is 16.7 Å². The Morgan fingerprint density at radius 3 is 2.77 bits per heavy atom. The van der Waals surface area contributed by atoms with Gasteiger partial charge in [-0.2, -0.15) is 0 Å². The van der Waals surface area contributed by atoms with Crippen molar-refractivity contribution >= 4 is 39.3 Å². The highest BCUT2D eigenvalue weighted by Crippen LogP contribution is 2.19. The molecule has 1 saturated heterocycles. The summed E-state index contributed by atoms with van der Waals surface area (Å²) in [4.78, 5) is 29.6. The van der Waals surface area contributed by atoms with Crippen molar-refractivity contribution in [3.63, 3.8) is 0 Å². The van der Waals surface area contributed by atoms with Crippen molar-refractivity contribution in [2.45, 2.75) is 18.9 Å². The van der Waals surface area contributed by atoms with Crippen molar-refractivity contribution in [1.82, 2.24) is 20.5 Å². The zero-order valence-electron chi connectivity index (χ0n) is 12.2. The van der Waals surface area contributed by atoms with Crippen LogP contribution in [0, 0.1) is 0 Å². The third-order valence-corrected chi connectivity index (χ3v) is 4.35. The number of hydrogen-bond acceptors (Lipinski definition) is 4. The quantitative estimate of drug-likeness (QED) is 0.764. The van der Waals surface area contributed by atoms with Crippen LogP contribution in [0.4, 0.5) is 0 Å². The molecule has 1 aliphatic heterocycles. The van der Waals surface area contributed by atoms with Crippen molar-refractivity contribution in [3.8, 4) is 0 Å². The van der Waals surface area contributed by atoms with E-state index >= 15 is 0 Å². The summed E-state index contributed by atoms with van der Waals surface area (Å²) in [5.41, 5.74) is 0.365. The second kappa shape index (κ2) is 7.89. The minimum absolute atomic E-state index is 0.00878. The highest BCUT2D eigenvalue weighted by molar-refractivity contribution is 9.10. The van der Waals surface area contributed by atoms with E-state index in [2.05, 4.69) is 36.4 Å². The lowest BCUT2D eigenvalue weighted by Crippen LogP contribution is -2.47. The number of likely N-dealkylation sites (N-methyl/N-ethyl adjacent to an activating group) is 1. The van der Waals surface area contributed by atoms with Gasteiger partial charge < -0.3 is 10.6 Å². The van der Waals surface area contributed by atoms with Crippen LogP contribution in [0.5, 0.6) is 0 Å². The van der Waals surface area contributed by atoms with E-state index in [4.69, 9.17) is 11.6 Å². The molecule has 120 valence electrons. The van der Waals surface area contributed by atoms with Crippen molar-refractivity contribution in [2.75, 3.05) is 26.7 Å². The molecule has 6 nitrogen and oxygen atoms in total. The second-order valence-electron chi connectivity index (χ2n) is 5.19. The smallest absolute Gasteiger partial charge is 0.254 e. The molecule has 0 atom stereocenters. The molecule has 0 spiro atoms.